The van der Waals surface area contributed by atoms with Crippen LogP contribution in [0.1, 0.15) is 168 Å². The minimum Gasteiger partial charge on any atom is -0.282 e. The summed E-state index contributed by atoms with van der Waals surface area (Å²) >= 11 is 0. The summed E-state index contributed by atoms with van der Waals surface area (Å²) in [4.78, 5) is 0. The first-order chi connectivity index (χ1) is 16.8. The van der Waals surface area contributed by atoms with E-state index < -0.39 is 0 Å². The summed E-state index contributed by atoms with van der Waals surface area (Å²) in [6, 6.07) is 0. The highest BCUT2D eigenvalue weighted by Gasteiger charge is 2.26. The summed E-state index contributed by atoms with van der Waals surface area (Å²) in [6.07, 6.45) is 34.7. The van der Waals surface area contributed by atoms with Crippen molar-refractivity contribution in [1.29, 1.82) is 0 Å². The van der Waals surface area contributed by atoms with Crippen molar-refractivity contribution in [2.75, 3.05) is 47.9 Å². The molecule has 0 heterocycles. The van der Waals surface area contributed by atoms with Gasteiger partial charge in [0.15, 0.2) is 0 Å². The van der Waals surface area contributed by atoms with Crippen LogP contribution in [-0.2, 0) is 0 Å². The number of hydrogen-bond donors (Lipinski definition) is 0. The number of rotatable bonds is 28. The highest BCUT2D eigenvalue weighted by Crippen LogP contribution is 2.16. The van der Waals surface area contributed by atoms with Crippen molar-refractivity contribution in [2.45, 2.75) is 168 Å². The van der Waals surface area contributed by atoms with E-state index in [1.54, 1.807) is 0 Å². The molecule has 0 saturated carbocycles. The predicted octanol–water partition coefficient (Wildman–Crippen LogP) is 11.7. The lowest BCUT2D eigenvalue weighted by Crippen LogP contribution is -2.56. The van der Waals surface area contributed by atoms with Gasteiger partial charge in [0.25, 0.3) is 0 Å². The summed E-state index contributed by atoms with van der Waals surface area (Å²) in [5.74, 6) is 0. The van der Waals surface area contributed by atoms with Crippen LogP contribution in [-0.4, -0.2) is 56.9 Å². The van der Waals surface area contributed by atoms with Gasteiger partial charge >= 0.3 is 0 Å². The molecule has 0 saturated heterocycles. The van der Waals surface area contributed by atoms with E-state index in [2.05, 4.69) is 42.0 Å². The Bertz CT molecular complexity index is 389. The second-order valence-electron chi connectivity index (χ2n) is 13.2. The van der Waals surface area contributed by atoms with Crippen LogP contribution in [0.4, 0.5) is 0 Å². The van der Waals surface area contributed by atoms with Gasteiger partial charge in [0.05, 0.1) is 41.3 Å². The minimum atomic E-state index is 0. The topological polar surface area (TPSA) is 0 Å². The fourth-order valence-electron chi connectivity index (χ4n) is 5.94. The number of nitrogens with zero attached hydrogens (tertiary/aromatic N) is 2. The molecule has 0 radical (unpaired) electrons. The van der Waals surface area contributed by atoms with E-state index in [9.17, 15) is 0 Å². The number of unbranched alkanes of at least 4 members (excludes halogenated alkanes) is 22. The summed E-state index contributed by atoms with van der Waals surface area (Å²) in [5.41, 5.74) is 0. The fourth-order valence-corrected chi connectivity index (χ4v) is 5.94. The van der Waals surface area contributed by atoms with Crippen molar-refractivity contribution in [3.8, 4) is 0 Å². The Kier molecular flexibility index (Phi) is 34.2. The summed E-state index contributed by atoms with van der Waals surface area (Å²) in [5, 5.41) is 0. The van der Waals surface area contributed by atoms with Gasteiger partial charge in [0.1, 0.15) is 0 Å². The van der Waals surface area contributed by atoms with E-state index in [1.165, 1.54) is 183 Å². The Morgan fingerprint density at radius 2 is 0.486 bits per heavy atom. The van der Waals surface area contributed by atoms with Crippen LogP contribution in [0.2, 0.25) is 0 Å². The van der Waals surface area contributed by atoms with Crippen LogP contribution in [0.3, 0.4) is 0 Å². The third-order valence-electron chi connectivity index (χ3n) is 8.00. The lowest BCUT2D eigenvalue weighted by molar-refractivity contribution is -1.07. The third kappa shape index (κ3) is 33.0. The molecule has 0 atom stereocenters. The van der Waals surface area contributed by atoms with Crippen LogP contribution in [0.5, 0.6) is 0 Å². The zero-order valence-electron chi connectivity index (χ0n) is 26.8. The van der Waals surface area contributed by atoms with Gasteiger partial charge in [-0.1, -0.05) is 142 Å². The van der Waals surface area contributed by atoms with Gasteiger partial charge in [0, 0.05) is 0 Å². The average molecular weight is 659 g/mol. The Balaban J connectivity index is -0.00000578. The zero-order chi connectivity index (χ0) is 26.1. The normalized spacial score (nSPS) is 11.8. The standard InChI is InChI=1S/C33H72N2.2BrH/c1-7-9-11-13-15-17-19-21-23-25-27-29-31-34(3,4)33-35(5,6)32-30-28-26-24-22-20-18-16-14-12-10-8-2;;/h7-33H2,1-6H3;2*1H/q+2;;. The summed E-state index contributed by atoms with van der Waals surface area (Å²) < 4.78 is 2.37. The van der Waals surface area contributed by atoms with Gasteiger partial charge in [0.2, 0.25) is 6.67 Å². The molecule has 0 N–H and O–H groups in total. The van der Waals surface area contributed by atoms with E-state index in [4.69, 9.17) is 0 Å². The first-order valence-electron chi connectivity index (χ1n) is 16.5. The molecule has 0 fully saturated rings. The fraction of sp³-hybridized carbons (Fsp3) is 1.00. The largest absolute Gasteiger partial charge is 0.282 e. The van der Waals surface area contributed by atoms with Crippen molar-refractivity contribution in [2.24, 2.45) is 0 Å². The molecule has 0 bridgehead atoms. The van der Waals surface area contributed by atoms with Gasteiger partial charge in [-0.05, 0) is 25.7 Å². The lowest BCUT2D eigenvalue weighted by atomic mass is 10.1. The van der Waals surface area contributed by atoms with Gasteiger partial charge in [-0.25, -0.2) is 0 Å². The maximum atomic E-state index is 2.46. The van der Waals surface area contributed by atoms with Crippen molar-refractivity contribution in [3.05, 3.63) is 0 Å². The highest BCUT2D eigenvalue weighted by molar-refractivity contribution is 8.93. The molecule has 228 valence electrons. The number of hydrogen-bond acceptors (Lipinski definition) is 0. The molecule has 0 spiro atoms. The SMILES string of the molecule is Br.Br.CCCCCCCCCCCCCC[N+](C)(C)C[N+](C)(C)CCCCCCCCCCCCCC. The third-order valence-corrected chi connectivity index (χ3v) is 8.00. The lowest BCUT2D eigenvalue weighted by Gasteiger charge is -2.39. The van der Waals surface area contributed by atoms with E-state index in [1.807, 2.05) is 0 Å². The molecule has 4 heteroatoms. The molecule has 0 rings (SSSR count). The molecule has 0 unspecified atom stereocenters. The number of halogens is 2. The Morgan fingerprint density at radius 1 is 0.297 bits per heavy atom. The van der Waals surface area contributed by atoms with Crippen LogP contribution < -0.4 is 0 Å². The van der Waals surface area contributed by atoms with E-state index in [0.29, 0.717) is 0 Å². The van der Waals surface area contributed by atoms with Crippen molar-refractivity contribution in [1.82, 2.24) is 0 Å². The first kappa shape index (κ1) is 42.3. The van der Waals surface area contributed by atoms with E-state index >= 15 is 0 Å². The average Bonchev–Trinajstić information content (AvgIpc) is 2.79. The first-order valence-corrected chi connectivity index (χ1v) is 16.5. The molecular weight excluding hydrogens is 584 g/mol. The monoisotopic (exact) mass is 656 g/mol. The molecule has 0 aliphatic carbocycles. The summed E-state index contributed by atoms with van der Waals surface area (Å²) in [6.45, 7) is 8.58. The zero-order valence-corrected chi connectivity index (χ0v) is 30.2. The van der Waals surface area contributed by atoms with Crippen molar-refractivity contribution in [3.63, 3.8) is 0 Å². The molecule has 0 aromatic rings. The van der Waals surface area contributed by atoms with Crippen LogP contribution in [0, 0.1) is 0 Å². The van der Waals surface area contributed by atoms with E-state index in [0.717, 1.165) is 0 Å². The number of quaternary nitrogens is 2. The van der Waals surface area contributed by atoms with Gasteiger partial charge in [-0.3, -0.25) is 8.97 Å². The molecule has 0 aromatic heterocycles. The molecule has 37 heavy (non-hydrogen) atoms. The Labute approximate surface area is 257 Å². The predicted molar refractivity (Wildman–Crippen MR) is 182 cm³/mol. The molecule has 2 nitrogen and oxygen atoms in total. The quantitative estimate of drug-likeness (QED) is 0.0446. The maximum Gasteiger partial charge on any atom is 0.206 e. The summed E-state index contributed by atoms with van der Waals surface area (Å²) in [7, 11) is 9.84. The van der Waals surface area contributed by atoms with Crippen LogP contribution in [0.25, 0.3) is 0 Å². The second kappa shape index (κ2) is 29.9. The molecule has 0 aliphatic rings. The van der Waals surface area contributed by atoms with Crippen molar-refractivity contribution < 1.29 is 8.97 Å². The van der Waals surface area contributed by atoms with E-state index in [-0.39, 0.29) is 34.0 Å². The van der Waals surface area contributed by atoms with Crippen LogP contribution >= 0.6 is 34.0 Å². The Hall–Kier alpha value is 0.880. The second-order valence-corrected chi connectivity index (χ2v) is 13.2. The van der Waals surface area contributed by atoms with Gasteiger partial charge < -0.3 is 0 Å². The molecular formula is C33H74Br2N2+2. The van der Waals surface area contributed by atoms with Crippen molar-refractivity contribution >= 4 is 34.0 Å². The highest BCUT2D eigenvalue weighted by atomic mass is 79.9. The Morgan fingerprint density at radius 3 is 0.703 bits per heavy atom. The molecule has 0 amide bonds. The minimum absolute atomic E-state index is 0. The maximum absolute atomic E-state index is 2.46. The molecule has 0 aromatic carbocycles. The smallest absolute Gasteiger partial charge is 0.206 e. The van der Waals surface area contributed by atoms with Crippen LogP contribution in [0.15, 0.2) is 0 Å². The molecule has 0 aliphatic heterocycles. The van der Waals surface area contributed by atoms with Gasteiger partial charge in [-0.15, -0.1) is 34.0 Å². The van der Waals surface area contributed by atoms with Gasteiger partial charge in [-0.2, -0.15) is 0 Å².